The first-order valence-corrected chi connectivity index (χ1v) is 8.63. The zero-order valence-corrected chi connectivity index (χ0v) is 15.0. The average Bonchev–Trinajstić information content (AvgIpc) is 2.96. The zero-order valence-electron chi connectivity index (χ0n) is 15.0. The number of nitrogen functional groups attached to an aromatic ring is 1. The van der Waals surface area contributed by atoms with Crippen LogP contribution in [0.1, 0.15) is 34.3 Å². The molecule has 0 unspecified atom stereocenters. The van der Waals surface area contributed by atoms with Gasteiger partial charge in [0.05, 0.1) is 12.3 Å². The summed E-state index contributed by atoms with van der Waals surface area (Å²) < 4.78 is 0. The highest BCUT2D eigenvalue weighted by Crippen LogP contribution is 2.30. The maximum absolute atomic E-state index is 12.7. The standard InChI is InChI=1S/C19H20N4O5/c20-16-6-10(9-24)5-14(22-16)11-1-2-13-12(7-11)8-23(19(13)28)15(18(21)27)3-4-17(25)26/h1-2,5-7,15,24H,3-4,8-9H2,(H2,20,22)(H2,21,27)(H,25,26)/t15-/m0/s1. The normalized spacial score (nSPS) is 14.0. The Balaban J connectivity index is 1.90. The summed E-state index contributed by atoms with van der Waals surface area (Å²) in [6.07, 6.45) is -0.315. The Morgan fingerprint density at radius 1 is 1.25 bits per heavy atom. The van der Waals surface area contributed by atoms with Gasteiger partial charge in [0.2, 0.25) is 5.91 Å². The summed E-state index contributed by atoms with van der Waals surface area (Å²) in [5.41, 5.74) is 14.1. The van der Waals surface area contributed by atoms with E-state index in [0.717, 1.165) is 0 Å². The van der Waals surface area contributed by atoms with Crippen LogP contribution in [-0.2, 0) is 22.7 Å². The lowest BCUT2D eigenvalue weighted by Gasteiger charge is -2.24. The van der Waals surface area contributed by atoms with E-state index in [2.05, 4.69) is 4.98 Å². The molecule has 0 fully saturated rings. The number of primary amides is 1. The van der Waals surface area contributed by atoms with Gasteiger partial charge in [-0.2, -0.15) is 0 Å². The van der Waals surface area contributed by atoms with E-state index in [4.69, 9.17) is 16.6 Å². The third kappa shape index (κ3) is 3.79. The number of nitrogens with zero attached hydrogens (tertiary/aromatic N) is 2. The van der Waals surface area contributed by atoms with Crippen LogP contribution < -0.4 is 11.5 Å². The molecule has 28 heavy (non-hydrogen) atoms. The lowest BCUT2D eigenvalue weighted by molar-refractivity contribution is -0.137. The van der Waals surface area contributed by atoms with Gasteiger partial charge in [0.25, 0.3) is 5.91 Å². The van der Waals surface area contributed by atoms with Crippen molar-refractivity contribution in [2.45, 2.75) is 32.0 Å². The van der Waals surface area contributed by atoms with Gasteiger partial charge in [-0.3, -0.25) is 14.4 Å². The van der Waals surface area contributed by atoms with Crippen molar-refractivity contribution in [3.63, 3.8) is 0 Å². The molecule has 1 aliphatic rings. The van der Waals surface area contributed by atoms with Crippen molar-refractivity contribution in [1.29, 1.82) is 0 Å². The molecule has 6 N–H and O–H groups in total. The van der Waals surface area contributed by atoms with Crippen molar-refractivity contribution in [1.82, 2.24) is 9.88 Å². The number of hydrogen-bond acceptors (Lipinski definition) is 6. The fourth-order valence-electron chi connectivity index (χ4n) is 3.32. The summed E-state index contributed by atoms with van der Waals surface area (Å²) in [6, 6.07) is 7.39. The summed E-state index contributed by atoms with van der Waals surface area (Å²) in [7, 11) is 0. The van der Waals surface area contributed by atoms with Crippen LogP contribution in [0.4, 0.5) is 5.82 Å². The minimum atomic E-state index is -1.06. The second-order valence-electron chi connectivity index (χ2n) is 6.60. The second-order valence-corrected chi connectivity index (χ2v) is 6.60. The summed E-state index contributed by atoms with van der Waals surface area (Å²) in [6.45, 7) is -0.0365. The largest absolute Gasteiger partial charge is 0.481 e. The lowest BCUT2D eigenvalue weighted by Crippen LogP contribution is -2.45. The number of nitrogens with two attached hydrogens (primary N) is 2. The third-order valence-electron chi connectivity index (χ3n) is 4.66. The SMILES string of the molecule is NC(=O)[C@H](CCC(=O)O)N1Cc2cc(-c3cc(CO)cc(N)n3)ccc2C1=O. The van der Waals surface area contributed by atoms with Gasteiger partial charge in [0.15, 0.2) is 0 Å². The summed E-state index contributed by atoms with van der Waals surface area (Å²) in [5, 5.41) is 18.2. The molecule has 2 aromatic rings. The summed E-state index contributed by atoms with van der Waals surface area (Å²) in [5.74, 6) is -1.91. The fraction of sp³-hybridized carbons (Fsp3) is 0.263. The second kappa shape index (κ2) is 7.65. The van der Waals surface area contributed by atoms with Gasteiger partial charge in [-0.1, -0.05) is 6.07 Å². The number of amides is 2. The Morgan fingerprint density at radius 3 is 2.64 bits per heavy atom. The number of pyridine rings is 1. The number of carboxylic acid groups (broad SMARTS) is 1. The molecule has 0 saturated carbocycles. The molecule has 1 aromatic carbocycles. The Kier molecular flexibility index (Phi) is 5.27. The predicted molar refractivity (Wildman–Crippen MR) is 99.7 cm³/mol. The molecule has 3 rings (SSSR count). The first kappa shape index (κ1) is 19.3. The smallest absolute Gasteiger partial charge is 0.303 e. The molecule has 1 aromatic heterocycles. The molecule has 9 nitrogen and oxygen atoms in total. The number of carbonyl (C=O) groups excluding carboxylic acids is 2. The van der Waals surface area contributed by atoms with Crippen LogP contribution in [0.3, 0.4) is 0 Å². The van der Waals surface area contributed by atoms with Crippen molar-refractivity contribution < 1.29 is 24.6 Å². The molecule has 0 radical (unpaired) electrons. The van der Waals surface area contributed by atoms with E-state index in [1.54, 1.807) is 30.3 Å². The number of anilines is 1. The molecule has 9 heteroatoms. The fourth-order valence-corrected chi connectivity index (χ4v) is 3.32. The molecule has 0 aliphatic carbocycles. The quantitative estimate of drug-likeness (QED) is 0.540. The summed E-state index contributed by atoms with van der Waals surface area (Å²) in [4.78, 5) is 40.9. The minimum absolute atomic E-state index is 0.0477. The molecule has 1 aliphatic heterocycles. The van der Waals surface area contributed by atoms with Gasteiger partial charge in [0.1, 0.15) is 11.9 Å². The van der Waals surface area contributed by atoms with Gasteiger partial charge >= 0.3 is 5.97 Å². The van der Waals surface area contributed by atoms with Gasteiger partial charge in [-0.15, -0.1) is 0 Å². The third-order valence-corrected chi connectivity index (χ3v) is 4.66. The first-order valence-electron chi connectivity index (χ1n) is 8.63. The number of rotatable bonds is 7. The van der Waals surface area contributed by atoms with Crippen molar-refractivity contribution in [2.75, 3.05) is 5.73 Å². The number of carbonyl (C=O) groups is 3. The lowest BCUT2D eigenvalue weighted by atomic mass is 10.0. The number of aliphatic carboxylic acids is 1. The summed E-state index contributed by atoms with van der Waals surface area (Å²) >= 11 is 0. The number of fused-ring (bicyclic) bond motifs is 1. The van der Waals surface area contributed by atoms with Crippen molar-refractivity contribution >= 4 is 23.6 Å². The van der Waals surface area contributed by atoms with Gasteiger partial charge in [-0.05, 0) is 41.8 Å². The van der Waals surface area contributed by atoms with Crippen molar-refractivity contribution in [2.24, 2.45) is 5.73 Å². The number of aromatic nitrogens is 1. The molecular formula is C19H20N4O5. The maximum atomic E-state index is 12.7. The highest BCUT2D eigenvalue weighted by molar-refractivity contribution is 6.01. The predicted octanol–water partition coefficient (Wildman–Crippen LogP) is 0.498. The Hall–Kier alpha value is -3.46. The molecular weight excluding hydrogens is 364 g/mol. The average molecular weight is 384 g/mol. The van der Waals surface area contributed by atoms with E-state index in [1.807, 2.05) is 0 Å². The van der Waals surface area contributed by atoms with Crippen LogP contribution in [0.15, 0.2) is 30.3 Å². The van der Waals surface area contributed by atoms with Crippen LogP contribution >= 0.6 is 0 Å². The van der Waals surface area contributed by atoms with Gasteiger partial charge in [0, 0.05) is 24.1 Å². The number of aliphatic hydroxyl groups excluding tert-OH is 1. The number of aliphatic hydroxyl groups is 1. The number of hydrogen-bond donors (Lipinski definition) is 4. The molecule has 2 amide bonds. The van der Waals surface area contributed by atoms with E-state index in [9.17, 15) is 19.5 Å². The van der Waals surface area contributed by atoms with E-state index in [-0.39, 0.29) is 37.7 Å². The maximum Gasteiger partial charge on any atom is 0.303 e. The van der Waals surface area contributed by atoms with Crippen LogP contribution in [0.25, 0.3) is 11.3 Å². The Labute approximate surface area is 160 Å². The zero-order chi connectivity index (χ0) is 20.4. The Morgan fingerprint density at radius 2 is 2.00 bits per heavy atom. The molecule has 146 valence electrons. The van der Waals surface area contributed by atoms with Crippen molar-refractivity contribution in [3.05, 3.63) is 47.0 Å². The monoisotopic (exact) mass is 384 g/mol. The molecule has 0 saturated heterocycles. The molecule has 0 bridgehead atoms. The van der Waals surface area contributed by atoms with Gasteiger partial charge < -0.3 is 26.6 Å². The van der Waals surface area contributed by atoms with Crippen molar-refractivity contribution in [3.8, 4) is 11.3 Å². The van der Waals surface area contributed by atoms with Crippen LogP contribution in [0.2, 0.25) is 0 Å². The Bertz CT molecular complexity index is 959. The van der Waals surface area contributed by atoms with E-state index in [1.165, 1.54) is 4.90 Å². The molecule has 2 heterocycles. The topological polar surface area (TPSA) is 160 Å². The minimum Gasteiger partial charge on any atom is -0.481 e. The number of carboxylic acids is 1. The van der Waals surface area contributed by atoms with Gasteiger partial charge in [-0.25, -0.2) is 4.98 Å². The molecule has 0 spiro atoms. The molecule has 1 atom stereocenters. The highest BCUT2D eigenvalue weighted by Gasteiger charge is 2.35. The van der Waals surface area contributed by atoms with E-state index < -0.39 is 17.9 Å². The van der Waals surface area contributed by atoms with Crippen LogP contribution in [-0.4, -0.2) is 43.9 Å². The van der Waals surface area contributed by atoms with E-state index in [0.29, 0.717) is 27.9 Å². The van der Waals surface area contributed by atoms with Crippen LogP contribution in [0, 0.1) is 0 Å². The van der Waals surface area contributed by atoms with E-state index >= 15 is 0 Å². The first-order chi connectivity index (χ1) is 13.3. The number of benzene rings is 1. The van der Waals surface area contributed by atoms with Crippen LogP contribution in [0.5, 0.6) is 0 Å². The highest BCUT2D eigenvalue weighted by atomic mass is 16.4.